The van der Waals surface area contributed by atoms with Gasteiger partial charge in [-0.1, -0.05) is 24.3 Å². The van der Waals surface area contributed by atoms with Gasteiger partial charge < -0.3 is 4.90 Å². The topological polar surface area (TPSA) is 72.3 Å². The lowest BCUT2D eigenvalue weighted by Gasteiger charge is -2.17. The minimum absolute atomic E-state index is 0.0263. The summed E-state index contributed by atoms with van der Waals surface area (Å²) < 4.78 is 24.6. The van der Waals surface area contributed by atoms with E-state index in [0.717, 1.165) is 11.3 Å². The second kappa shape index (κ2) is 6.60. The molecule has 6 nitrogen and oxygen atoms in total. The van der Waals surface area contributed by atoms with E-state index in [1.807, 2.05) is 36.5 Å². The smallest absolute Gasteiger partial charge is 0.223 e. The number of amides is 1. The molecular weight excluding hydrogens is 326 g/mol. The van der Waals surface area contributed by atoms with Gasteiger partial charge in [0.05, 0.1) is 17.6 Å². The summed E-state index contributed by atoms with van der Waals surface area (Å²) in [6.45, 7) is 0.439. The average molecular weight is 345 g/mol. The van der Waals surface area contributed by atoms with E-state index in [4.69, 9.17) is 0 Å². The Morgan fingerprint density at radius 3 is 2.75 bits per heavy atom. The average Bonchev–Trinajstić information content (AvgIpc) is 3.14. The third-order valence-corrected chi connectivity index (χ3v) is 5.41. The summed E-state index contributed by atoms with van der Waals surface area (Å²) in [5, 5.41) is 5.51. The Kier molecular flexibility index (Phi) is 4.53. The zero-order valence-corrected chi connectivity index (χ0v) is 14.2. The van der Waals surface area contributed by atoms with E-state index in [1.165, 1.54) is 5.41 Å². The number of benzene rings is 1. The van der Waals surface area contributed by atoms with E-state index < -0.39 is 9.84 Å². The summed E-state index contributed by atoms with van der Waals surface area (Å²) in [4.78, 5) is 13.9. The lowest BCUT2D eigenvalue weighted by molar-refractivity contribution is -0.130. The number of carbonyl (C=O) groups excluding carboxylic acids is 1. The maximum Gasteiger partial charge on any atom is 0.223 e. The standard InChI is InChI=1S/C17H19N3O3S/c1-19(17(21)9-14-7-8-24(22,23)13-14)11-15-10-18-20(12-15)16-5-3-2-4-6-16/h2-8,10,12,14H,9,11,13H2,1H3. The summed E-state index contributed by atoms with van der Waals surface area (Å²) in [6.07, 6.45) is 5.43. The monoisotopic (exact) mass is 345 g/mol. The molecule has 2 heterocycles. The summed E-state index contributed by atoms with van der Waals surface area (Å²) in [6, 6.07) is 9.74. The molecule has 0 fully saturated rings. The van der Waals surface area contributed by atoms with Gasteiger partial charge in [0, 0.05) is 43.1 Å². The SMILES string of the molecule is CN(Cc1cnn(-c2ccccc2)c1)C(=O)CC1C=CS(=O)(=O)C1. The maximum atomic E-state index is 12.3. The molecule has 0 spiro atoms. The number of sulfone groups is 1. The lowest BCUT2D eigenvalue weighted by Crippen LogP contribution is -2.28. The molecular formula is C17H19N3O3S. The third-order valence-electron chi connectivity index (χ3n) is 3.94. The second-order valence-corrected chi connectivity index (χ2v) is 7.93. The fourth-order valence-corrected chi connectivity index (χ4v) is 4.07. The van der Waals surface area contributed by atoms with Crippen LogP contribution in [-0.4, -0.2) is 41.8 Å². The van der Waals surface area contributed by atoms with Gasteiger partial charge in [-0.05, 0) is 12.1 Å². The molecule has 1 amide bonds. The number of allylic oxidation sites excluding steroid dienone is 1. The molecule has 3 rings (SSSR count). The van der Waals surface area contributed by atoms with E-state index >= 15 is 0 Å². The molecule has 0 saturated heterocycles. The van der Waals surface area contributed by atoms with Crippen LogP contribution in [0.4, 0.5) is 0 Å². The van der Waals surface area contributed by atoms with Crippen LogP contribution < -0.4 is 0 Å². The minimum Gasteiger partial charge on any atom is -0.341 e. The molecule has 24 heavy (non-hydrogen) atoms. The molecule has 0 bridgehead atoms. The quantitative estimate of drug-likeness (QED) is 0.828. The van der Waals surface area contributed by atoms with E-state index in [-0.39, 0.29) is 24.0 Å². The number of nitrogens with zero attached hydrogens (tertiary/aromatic N) is 3. The lowest BCUT2D eigenvalue weighted by atomic mass is 10.1. The molecule has 0 aliphatic carbocycles. The van der Waals surface area contributed by atoms with Crippen LogP contribution in [0.5, 0.6) is 0 Å². The number of aromatic nitrogens is 2. The predicted octanol–water partition coefficient (Wildman–Crippen LogP) is 1.78. The molecule has 1 aliphatic heterocycles. The highest BCUT2D eigenvalue weighted by molar-refractivity contribution is 7.94. The van der Waals surface area contributed by atoms with Gasteiger partial charge in [-0.3, -0.25) is 4.79 Å². The van der Waals surface area contributed by atoms with Gasteiger partial charge in [-0.25, -0.2) is 13.1 Å². The van der Waals surface area contributed by atoms with Crippen LogP contribution in [0.2, 0.25) is 0 Å². The Bertz CT molecular complexity index is 856. The Labute approximate surface area is 141 Å². The number of carbonyl (C=O) groups is 1. The van der Waals surface area contributed by atoms with Crippen LogP contribution in [0, 0.1) is 5.92 Å². The Morgan fingerprint density at radius 2 is 2.08 bits per heavy atom. The largest absolute Gasteiger partial charge is 0.341 e. The Morgan fingerprint density at radius 1 is 1.33 bits per heavy atom. The normalized spacial score (nSPS) is 18.6. The third kappa shape index (κ3) is 3.91. The Balaban J connectivity index is 1.59. The van der Waals surface area contributed by atoms with Crippen molar-refractivity contribution in [2.45, 2.75) is 13.0 Å². The minimum atomic E-state index is -3.12. The van der Waals surface area contributed by atoms with Crippen LogP contribution in [0.1, 0.15) is 12.0 Å². The van der Waals surface area contributed by atoms with Crippen LogP contribution >= 0.6 is 0 Å². The first-order valence-corrected chi connectivity index (χ1v) is 9.38. The van der Waals surface area contributed by atoms with Crippen molar-refractivity contribution in [3.63, 3.8) is 0 Å². The Hall–Kier alpha value is -2.41. The fraction of sp³-hybridized carbons (Fsp3) is 0.294. The van der Waals surface area contributed by atoms with Crippen molar-refractivity contribution in [2.75, 3.05) is 12.8 Å². The van der Waals surface area contributed by atoms with Crippen LogP contribution in [0.3, 0.4) is 0 Å². The first kappa shape index (κ1) is 16.4. The first-order valence-electron chi connectivity index (χ1n) is 7.67. The van der Waals surface area contributed by atoms with E-state index in [1.54, 1.807) is 28.9 Å². The second-order valence-electron chi connectivity index (χ2n) is 6.00. The number of rotatable bonds is 5. The van der Waals surface area contributed by atoms with Gasteiger partial charge in [0.1, 0.15) is 0 Å². The predicted molar refractivity (Wildman–Crippen MR) is 91.1 cm³/mol. The summed E-state index contributed by atoms with van der Waals surface area (Å²) in [5.41, 5.74) is 1.88. The number of hydrogen-bond acceptors (Lipinski definition) is 4. The van der Waals surface area contributed by atoms with Gasteiger partial charge in [0.25, 0.3) is 0 Å². The molecule has 0 N–H and O–H groups in total. The van der Waals surface area contributed by atoms with Gasteiger partial charge in [0.2, 0.25) is 5.91 Å². The van der Waals surface area contributed by atoms with Gasteiger partial charge in [-0.15, -0.1) is 0 Å². The molecule has 1 unspecified atom stereocenters. The highest BCUT2D eigenvalue weighted by Gasteiger charge is 2.25. The van der Waals surface area contributed by atoms with E-state index in [2.05, 4.69) is 5.10 Å². The van der Waals surface area contributed by atoms with Crippen molar-refractivity contribution >= 4 is 15.7 Å². The highest BCUT2D eigenvalue weighted by atomic mass is 32.2. The molecule has 1 aromatic heterocycles. The maximum absolute atomic E-state index is 12.3. The molecule has 2 aromatic rings. The molecule has 1 aliphatic rings. The fourth-order valence-electron chi connectivity index (χ4n) is 2.67. The van der Waals surface area contributed by atoms with Crippen molar-refractivity contribution in [1.82, 2.24) is 14.7 Å². The van der Waals surface area contributed by atoms with Crippen LogP contribution in [0.15, 0.2) is 54.2 Å². The van der Waals surface area contributed by atoms with Crippen molar-refractivity contribution in [2.24, 2.45) is 5.92 Å². The van der Waals surface area contributed by atoms with Crippen molar-refractivity contribution in [3.05, 3.63) is 59.8 Å². The molecule has 1 aromatic carbocycles. The molecule has 0 radical (unpaired) electrons. The van der Waals surface area contributed by atoms with Crippen molar-refractivity contribution < 1.29 is 13.2 Å². The molecule has 126 valence electrons. The summed E-state index contributed by atoms with van der Waals surface area (Å²) in [5.74, 6) is -0.274. The summed E-state index contributed by atoms with van der Waals surface area (Å²) >= 11 is 0. The van der Waals surface area contributed by atoms with Crippen molar-refractivity contribution in [3.8, 4) is 5.69 Å². The van der Waals surface area contributed by atoms with Gasteiger partial charge in [-0.2, -0.15) is 5.10 Å². The van der Waals surface area contributed by atoms with Crippen LogP contribution in [0.25, 0.3) is 5.69 Å². The molecule has 0 saturated carbocycles. The summed E-state index contributed by atoms with van der Waals surface area (Å²) in [7, 11) is -1.40. The number of para-hydroxylation sites is 1. The van der Waals surface area contributed by atoms with Crippen molar-refractivity contribution in [1.29, 1.82) is 0 Å². The van der Waals surface area contributed by atoms with Gasteiger partial charge >= 0.3 is 0 Å². The van der Waals surface area contributed by atoms with E-state index in [9.17, 15) is 13.2 Å². The van der Waals surface area contributed by atoms with Crippen LogP contribution in [-0.2, 0) is 21.2 Å². The zero-order valence-electron chi connectivity index (χ0n) is 13.4. The number of hydrogen-bond donors (Lipinski definition) is 0. The zero-order chi connectivity index (χ0) is 17.2. The first-order chi connectivity index (χ1) is 11.4. The van der Waals surface area contributed by atoms with Gasteiger partial charge in [0.15, 0.2) is 9.84 Å². The molecule has 1 atom stereocenters. The van der Waals surface area contributed by atoms with E-state index in [0.29, 0.717) is 6.54 Å². The molecule has 7 heteroatoms. The highest BCUT2D eigenvalue weighted by Crippen LogP contribution is 2.19.